The van der Waals surface area contributed by atoms with Crippen LogP contribution in [0.2, 0.25) is 0 Å². The minimum absolute atomic E-state index is 0.137. The Labute approximate surface area is 137 Å². The Bertz CT molecular complexity index is 460. The molecule has 0 spiro atoms. The van der Waals surface area contributed by atoms with Crippen molar-refractivity contribution in [3.05, 3.63) is 24.0 Å². The molecule has 1 heterocycles. The summed E-state index contributed by atoms with van der Waals surface area (Å²) in [7, 11) is 2.93. The Balaban J connectivity index is 2.48. The van der Waals surface area contributed by atoms with Crippen LogP contribution in [-0.4, -0.2) is 36.9 Å². The van der Waals surface area contributed by atoms with Crippen LogP contribution in [0.25, 0.3) is 0 Å². The quantitative estimate of drug-likeness (QED) is 0.148. The monoisotopic (exact) mass is 326 g/mol. The summed E-state index contributed by atoms with van der Waals surface area (Å²) in [6.45, 7) is 4.01. The molecular formula is C16H26N2O3S. The first kappa shape index (κ1) is 18.6. The van der Waals surface area contributed by atoms with Gasteiger partial charge in [0.25, 0.3) is 0 Å². The van der Waals surface area contributed by atoms with Gasteiger partial charge in [0.2, 0.25) is 0 Å². The zero-order valence-corrected chi connectivity index (χ0v) is 14.6. The first-order valence-corrected chi connectivity index (χ1v) is 8.42. The summed E-state index contributed by atoms with van der Waals surface area (Å²) >= 11 is 1.90. The number of thioether (sulfide) groups is 1. The third-order valence-electron chi connectivity index (χ3n) is 3.78. The topological polar surface area (TPSA) is 73.9 Å². The molecule has 0 saturated carbocycles. The molecule has 5 nitrogen and oxygen atoms in total. The van der Waals surface area contributed by atoms with Crippen molar-refractivity contribution in [2.75, 3.05) is 20.0 Å². The van der Waals surface area contributed by atoms with E-state index in [0.29, 0.717) is 16.9 Å². The Morgan fingerprint density at radius 3 is 2.77 bits per heavy atom. The number of carbonyl (C=O) groups is 1. The maximum Gasteiger partial charge on any atom is 0.333 e. The number of carbonyl (C=O) groups excluding carboxylic acids is 1. The molecule has 0 aromatic heterocycles. The minimum Gasteiger partial charge on any atom is -0.501 e. The van der Waals surface area contributed by atoms with Gasteiger partial charge in [0, 0.05) is 22.6 Å². The summed E-state index contributed by atoms with van der Waals surface area (Å²) in [5.74, 6) is 7.37. The maximum atomic E-state index is 11.3. The number of hydrogen-bond donors (Lipinski definition) is 1. The van der Waals surface area contributed by atoms with Gasteiger partial charge in [-0.15, -0.1) is 0 Å². The molecule has 0 bridgehead atoms. The molecule has 1 rings (SSSR count). The number of esters is 1. The lowest BCUT2D eigenvalue weighted by Gasteiger charge is -2.12. The Hall–Kier alpha value is -1.43. The number of hydrogen-bond acceptors (Lipinski definition) is 6. The summed E-state index contributed by atoms with van der Waals surface area (Å²) in [4.78, 5) is 11.3. The number of allylic oxidation sites excluding steroid dienone is 3. The van der Waals surface area contributed by atoms with E-state index in [0.717, 1.165) is 24.3 Å². The van der Waals surface area contributed by atoms with Crippen LogP contribution in [0.5, 0.6) is 0 Å². The predicted molar refractivity (Wildman–Crippen MR) is 91.7 cm³/mol. The second-order valence-corrected chi connectivity index (χ2v) is 6.66. The van der Waals surface area contributed by atoms with Gasteiger partial charge in [-0.3, -0.25) is 0 Å². The molecule has 1 aliphatic rings. The summed E-state index contributed by atoms with van der Waals surface area (Å²) in [5, 5.41) is 4.22. The highest BCUT2D eigenvalue weighted by atomic mass is 32.2. The molecule has 124 valence electrons. The van der Waals surface area contributed by atoms with Crippen molar-refractivity contribution < 1.29 is 14.3 Å². The van der Waals surface area contributed by atoms with Crippen LogP contribution in [0.4, 0.5) is 0 Å². The van der Waals surface area contributed by atoms with Crippen LogP contribution >= 0.6 is 11.8 Å². The second kappa shape index (κ2) is 9.56. The van der Waals surface area contributed by atoms with Gasteiger partial charge in [0.05, 0.1) is 20.3 Å². The lowest BCUT2D eigenvalue weighted by atomic mass is 10.00. The van der Waals surface area contributed by atoms with E-state index in [1.807, 2.05) is 25.6 Å². The van der Waals surface area contributed by atoms with Crippen molar-refractivity contribution >= 4 is 23.4 Å². The fourth-order valence-corrected chi connectivity index (χ4v) is 3.74. The maximum absolute atomic E-state index is 11.3. The van der Waals surface area contributed by atoms with E-state index in [2.05, 4.69) is 22.0 Å². The minimum atomic E-state index is -0.390. The molecule has 6 heteroatoms. The van der Waals surface area contributed by atoms with Crippen molar-refractivity contribution in [2.45, 2.75) is 31.9 Å². The highest BCUT2D eigenvalue weighted by molar-refractivity contribution is 8.00. The lowest BCUT2D eigenvalue weighted by molar-refractivity contribution is -0.135. The molecule has 2 N–H and O–H groups in total. The Kier molecular flexibility index (Phi) is 8.09. The summed E-state index contributed by atoms with van der Waals surface area (Å²) < 4.78 is 9.89. The van der Waals surface area contributed by atoms with Crippen LogP contribution in [0.1, 0.15) is 26.7 Å². The van der Waals surface area contributed by atoms with E-state index in [9.17, 15) is 4.79 Å². The fraction of sp³-hybridized carbons (Fsp3) is 0.625. The van der Waals surface area contributed by atoms with Gasteiger partial charge in [0.15, 0.2) is 0 Å². The van der Waals surface area contributed by atoms with Gasteiger partial charge in [-0.25, -0.2) is 4.79 Å². The average molecular weight is 326 g/mol. The smallest absolute Gasteiger partial charge is 0.333 e. The molecule has 3 atom stereocenters. The molecule has 0 amide bonds. The van der Waals surface area contributed by atoms with Crippen molar-refractivity contribution in [3.8, 4) is 0 Å². The van der Waals surface area contributed by atoms with E-state index in [1.165, 1.54) is 13.2 Å². The number of ether oxygens (including phenoxy) is 2. The highest BCUT2D eigenvalue weighted by Gasteiger charge is 2.25. The standard InChI is InChI=1S/C16H26N2O3S/c1-11(14(20-3)9-16(19)21-4)6-5-7-13-8-15(22-10-13)12(2)18-17/h5,7,9,11,13,15H,6,8,10,17H2,1-4H3/b7-5+,14-9+,18-12-. The van der Waals surface area contributed by atoms with Crippen LogP contribution in [-0.2, 0) is 14.3 Å². The Morgan fingerprint density at radius 1 is 1.45 bits per heavy atom. The van der Waals surface area contributed by atoms with Crippen LogP contribution in [0.15, 0.2) is 29.1 Å². The highest BCUT2D eigenvalue weighted by Crippen LogP contribution is 2.33. The zero-order chi connectivity index (χ0) is 16.5. The van der Waals surface area contributed by atoms with Gasteiger partial charge in [0.1, 0.15) is 5.76 Å². The van der Waals surface area contributed by atoms with Crippen LogP contribution in [0, 0.1) is 11.8 Å². The van der Waals surface area contributed by atoms with Crippen molar-refractivity contribution in [2.24, 2.45) is 22.8 Å². The van der Waals surface area contributed by atoms with E-state index < -0.39 is 0 Å². The summed E-state index contributed by atoms with van der Waals surface area (Å²) in [6.07, 6.45) is 7.72. The van der Waals surface area contributed by atoms with Crippen LogP contribution in [0.3, 0.4) is 0 Å². The average Bonchev–Trinajstić information content (AvgIpc) is 3.00. The molecule has 22 heavy (non-hydrogen) atoms. The zero-order valence-electron chi connectivity index (χ0n) is 13.7. The Morgan fingerprint density at radius 2 is 2.18 bits per heavy atom. The molecule has 1 aliphatic heterocycles. The van der Waals surface area contributed by atoms with Crippen molar-refractivity contribution in [1.29, 1.82) is 0 Å². The van der Waals surface area contributed by atoms with Crippen molar-refractivity contribution in [1.82, 2.24) is 0 Å². The lowest BCUT2D eigenvalue weighted by Crippen LogP contribution is -2.12. The summed E-state index contributed by atoms with van der Waals surface area (Å²) in [5.41, 5.74) is 1.01. The van der Waals surface area contributed by atoms with E-state index >= 15 is 0 Å². The molecule has 0 radical (unpaired) electrons. The number of nitrogens with two attached hydrogens (primary N) is 1. The molecular weight excluding hydrogens is 300 g/mol. The second-order valence-electron chi connectivity index (χ2n) is 5.43. The van der Waals surface area contributed by atoms with Gasteiger partial charge in [-0.2, -0.15) is 16.9 Å². The van der Waals surface area contributed by atoms with Crippen molar-refractivity contribution in [3.63, 3.8) is 0 Å². The molecule has 1 fully saturated rings. The van der Waals surface area contributed by atoms with Gasteiger partial charge in [-0.05, 0) is 25.7 Å². The normalized spacial score (nSPS) is 24.5. The van der Waals surface area contributed by atoms with Gasteiger partial charge >= 0.3 is 5.97 Å². The molecule has 3 unspecified atom stereocenters. The molecule has 0 aliphatic carbocycles. The van der Waals surface area contributed by atoms with E-state index in [-0.39, 0.29) is 11.9 Å². The molecule has 0 aromatic carbocycles. The predicted octanol–water partition coefficient (Wildman–Crippen LogP) is 2.73. The largest absolute Gasteiger partial charge is 0.501 e. The van der Waals surface area contributed by atoms with E-state index in [1.54, 1.807) is 7.11 Å². The SMILES string of the molecule is COC(=O)/C=C(/OC)C(C)C/C=C/C1CSC(/C(C)=N\N)C1. The van der Waals surface area contributed by atoms with E-state index in [4.69, 9.17) is 10.6 Å². The molecule has 1 saturated heterocycles. The number of methoxy groups -OCH3 is 2. The molecule has 0 aromatic rings. The number of nitrogens with zero attached hydrogens (tertiary/aromatic N) is 1. The van der Waals surface area contributed by atoms with Crippen LogP contribution < -0.4 is 5.84 Å². The van der Waals surface area contributed by atoms with Gasteiger partial charge < -0.3 is 15.3 Å². The fourth-order valence-electron chi connectivity index (χ4n) is 2.33. The number of rotatable bonds is 7. The third kappa shape index (κ3) is 5.75. The first-order chi connectivity index (χ1) is 10.5. The number of hydrazone groups is 1. The summed E-state index contributed by atoms with van der Waals surface area (Å²) in [6, 6.07) is 0. The third-order valence-corrected chi connectivity index (χ3v) is 5.34. The first-order valence-electron chi connectivity index (χ1n) is 7.38. The van der Waals surface area contributed by atoms with Gasteiger partial charge in [-0.1, -0.05) is 19.1 Å².